The number of aromatic nitrogens is 2. The Bertz CT molecular complexity index is 1710. The fourth-order valence-electron chi connectivity index (χ4n) is 6.24. The molecule has 3 aromatic heterocycles. The fraction of sp³-hybridized carbons (Fsp3) is 0.167. The number of fused-ring (bicyclic) bond motifs is 8. The van der Waals surface area contributed by atoms with Crippen molar-refractivity contribution >= 4 is 27.3 Å². The number of para-hydroxylation sites is 1. The zero-order valence-corrected chi connectivity index (χ0v) is 18.9. The maximum atomic E-state index is 2.55. The lowest BCUT2D eigenvalue weighted by atomic mass is 9.85. The molecule has 1 aliphatic carbocycles. The topological polar surface area (TPSA) is 8.29 Å². The zero-order valence-electron chi connectivity index (χ0n) is 18.9. The summed E-state index contributed by atoms with van der Waals surface area (Å²) in [4.78, 5) is 0. The van der Waals surface area contributed by atoms with Crippen LogP contribution in [0.2, 0.25) is 0 Å². The van der Waals surface area contributed by atoms with E-state index in [2.05, 4.69) is 116 Å². The minimum atomic E-state index is -0.0600. The molecule has 0 bridgehead atoms. The van der Waals surface area contributed by atoms with E-state index in [1.807, 2.05) is 0 Å². The smallest absolute Gasteiger partial charge is 0.240 e. The van der Waals surface area contributed by atoms with Crippen molar-refractivity contribution < 1.29 is 4.57 Å². The predicted octanol–water partition coefficient (Wildman–Crippen LogP) is 6.79. The highest BCUT2D eigenvalue weighted by Crippen LogP contribution is 2.54. The lowest BCUT2D eigenvalue weighted by molar-refractivity contribution is -0.633. The van der Waals surface area contributed by atoms with Crippen LogP contribution in [0.25, 0.3) is 49.7 Å². The molecule has 2 heteroatoms. The minimum Gasteiger partial charge on any atom is -0.305 e. The van der Waals surface area contributed by atoms with Crippen LogP contribution in [-0.2, 0) is 12.5 Å². The Morgan fingerprint density at radius 3 is 2.28 bits per heavy atom. The quantitative estimate of drug-likeness (QED) is 0.262. The van der Waals surface area contributed by atoms with Gasteiger partial charge in [-0.1, -0.05) is 74.5 Å². The zero-order chi connectivity index (χ0) is 21.8. The van der Waals surface area contributed by atoms with Crippen molar-refractivity contribution in [2.75, 3.05) is 0 Å². The first-order valence-corrected chi connectivity index (χ1v) is 11.4. The molecule has 1 aliphatic rings. The molecule has 0 N–H and O–H groups in total. The molecular formula is C30H25N2+. The van der Waals surface area contributed by atoms with Gasteiger partial charge >= 0.3 is 0 Å². The Kier molecular flexibility index (Phi) is 3.24. The van der Waals surface area contributed by atoms with Gasteiger partial charge < -0.3 is 4.40 Å². The second-order valence-corrected chi connectivity index (χ2v) is 9.76. The SMILES string of the molecule is Cc1ccccc1-c1cc2c3ccccc3n3c4c(c(c23)[n+]1C)-c1ccccc1C4(C)C. The van der Waals surface area contributed by atoms with E-state index in [9.17, 15) is 0 Å². The summed E-state index contributed by atoms with van der Waals surface area (Å²) in [6, 6.07) is 29.0. The fourth-order valence-corrected chi connectivity index (χ4v) is 6.24. The summed E-state index contributed by atoms with van der Waals surface area (Å²) in [5.41, 5.74) is 13.4. The highest BCUT2D eigenvalue weighted by atomic mass is 15.0. The Labute approximate surface area is 187 Å². The Morgan fingerprint density at radius 1 is 0.781 bits per heavy atom. The van der Waals surface area contributed by atoms with Gasteiger partial charge in [0.15, 0.2) is 0 Å². The highest BCUT2D eigenvalue weighted by molar-refractivity contribution is 6.18. The number of hydrogen-bond acceptors (Lipinski definition) is 0. The van der Waals surface area contributed by atoms with Crippen LogP contribution in [0.3, 0.4) is 0 Å². The van der Waals surface area contributed by atoms with Gasteiger partial charge in [-0.05, 0) is 35.7 Å². The van der Waals surface area contributed by atoms with Crippen LogP contribution in [0, 0.1) is 6.92 Å². The Hall–Kier alpha value is -3.65. The van der Waals surface area contributed by atoms with E-state index in [1.54, 1.807) is 0 Å². The first-order chi connectivity index (χ1) is 15.5. The van der Waals surface area contributed by atoms with Gasteiger partial charge in [-0.25, -0.2) is 0 Å². The van der Waals surface area contributed by atoms with Crippen LogP contribution >= 0.6 is 0 Å². The van der Waals surface area contributed by atoms with Gasteiger partial charge in [0.25, 0.3) is 0 Å². The molecule has 154 valence electrons. The van der Waals surface area contributed by atoms with Crippen molar-refractivity contribution in [3.05, 3.63) is 95.7 Å². The van der Waals surface area contributed by atoms with Gasteiger partial charge in [0, 0.05) is 33.5 Å². The van der Waals surface area contributed by atoms with Crippen molar-refractivity contribution in [2.24, 2.45) is 7.05 Å². The van der Waals surface area contributed by atoms with Crippen LogP contribution in [0.4, 0.5) is 0 Å². The van der Waals surface area contributed by atoms with Gasteiger partial charge in [0.2, 0.25) is 11.2 Å². The molecular weight excluding hydrogens is 388 g/mol. The molecule has 0 radical (unpaired) electrons. The summed E-state index contributed by atoms with van der Waals surface area (Å²) in [6.45, 7) is 6.96. The molecule has 0 saturated carbocycles. The van der Waals surface area contributed by atoms with E-state index in [-0.39, 0.29) is 5.41 Å². The first-order valence-electron chi connectivity index (χ1n) is 11.4. The highest BCUT2D eigenvalue weighted by Gasteiger charge is 2.44. The van der Waals surface area contributed by atoms with Crippen LogP contribution in [0.1, 0.15) is 30.7 Å². The third-order valence-electron chi connectivity index (χ3n) is 7.70. The number of hydrogen-bond donors (Lipinski definition) is 0. The molecule has 3 aromatic carbocycles. The largest absolute Gasteiger partial charge is 0.305 e. The van der Waals surface area contributed by atoms with Crippen molar-refractivity contribution in [1.82, 2.24) is 4.40 Å². The van der Waals surface area contributed by atoms with Crippen LogP contribution in [0.15, 0.2) is 78.9 Å². The lowest BCUT2D eigenvalue weighted by Crippen LogP contribution is -2.32. The van der Waals surface area contributed by atoms with Gasteiger partial charge in [0.05, 0.1) is 11.1 Å². The monoisotopic (exact) mass is 413 g/mol. The molecule has 0 atom stereocenters. The average molecular weight is 414 g/mol. The predicted molar refractivity (Wildman–Crippen MR) is 133 cm³/mol. The summed E-state index contributed by atoms with van der Waals surface area (Å²) in [7, 11) is 2.24. The standard InChI is InChI=1S/C30H25N2/c1-18-11-5-6-12-19(18)25-17-22-20-13-8-10-16-24(20)32-27(22)28(31(25)4)26-21-14-7-9-15-23(21)30(2,3)29(26)32/h5-17H,1-4H3/q+1. The summed E-state index contributed by atoms with van der Waals surface area (Å²) >= 11 is 0. The van der Waals surface area contributed by atoms with Gasteiger partial charge in [-0.2, -0.15) is 4.57 Å². The molecule has 0 saturated heterocycles. The number of pyridine rings is 1. The normalized spacial score (nSPS) is 14.5. The van der Waals surface area contributed by atoms with Crippen LogP contribution in [0.5, 0.6) is 0 Å². The van der Waals surface area contributed by atoms with Crippen molar-refractivity contribution in [1.29, 1.82) is 0 Å². The molecule has 0 unspecified atom stereocenters. The van der Waals surface area contributed by atoms with E-state index in [1.165, 1.54) is 66.5 Å². The molecule has 32 heavy (non-hydrogen) atoms. The molecule has 0 amide bonds. The van der Waals surface area contributed by atoms with Crippen LogP contribution < -0.4 is 4.57 Å². The maximum absolute atomic E-state index is 2.55. The van der Waals surface area contributed by atoms with Crippen molar-refractivity contribution in [2.45, 2.75) is 26.2 Å². The Balaban J connectivity index is 1.79. The van der Waals surface area contributed by atoms with E-state index in [0.29, 0.717) is 0 Å². The van der Waals surface area contributed by atoms with Crippen molar-refractivity contribution in [3.63, 3.8) is 0 Å². The molecule has 7 rings (SSSR count). The van der Waals surface area contributed by atoms with E-state index >= 15 is 0 Å². The Morgan fingerprint density at radius 2 is 1.47 bits per heavy atom. The average Bonchev–Trinajstić information content (AvgIpc) is 3.39. The first kappa shape index (κ1) is 18.0. The molecule has 0 spiro atoms. The summed E-state index contributed by atoms with van der Waals surface area (Å²) in [6.07, 6.45) is 0. The van der Waals surface area contributed by atoms with E-state index in [0.717, 1.165) is 0 Å². The molecule has 0 fully saturated rings. The summed E-state index contributed by atoms with van der Waals surface area (Å²) in [5, 5.41) is 2.67. The number of nitrogens with zero attached hydrogens (tertiary/aromatic N) is 2. The van der Waals surface area contributed by atoms with E-state index < -0.39 is 0 Å². The molecule has 0 aliphatic heterocycles. The second-order valence-electron chi connectivity index (χ2n) is 9.76. The number of aryl methyl sites for hydroxylation is 2. The third-order valence-corrected chi connectivity index (χ3v) is 7.70. The summed E-state index contributed by atoms with van der Waals surface area (Å²) < 4.78 is 4.98. The molecule has 2 nitrogen and oxygen atoms in total. The third kappa shape index (κ3) is 1.94. The van der Waals surface area contributed by atoms with Gasteiger partial charge in [0.1, 0.15) is 12.6 Å². The second kappa shape index (κ2) is 5.77. The van der Waals surface area contributed by atoms with E-state index in [4.69, 9.17) is 0 Å². The lowest BCUT2D eigenvalue weighted by Gasteiger charge is -2.21. The molecule has 3 heterocycles. The minimum absolute atomic E-state index is 0.0600. The number of benzene rings is 3. The van der Waals surface area contributed by atoms with Gasteiger partial charge in [-0.15, -0.1) is 0 Å². The van der Waals surface area contributed by atoms with Crippen LogP contribution in [-0.4, -0.2) is 4.40 Å². The molecule has 6 aromatic rings. The number of rotatable bonds is 1. The summed E-state index contributed by atoms with van der Waals surface area (Å²) in [5.74, 6) is 0. The maximum Gasteiger partial charge on any atom is 0.240 e. The van der Waals surface area contributed by atoms with Gasteiger partial charge in [-0.3, -0.25) is 0 Å². The van der Waals surface area contributed by atoms with Crippen molar-refractivity contribution in [3.8, 4) is 22.4 Å².